The van der Waals surface area contributed by atoms with Crippen LogP contribution in [-0.2, 0) is 4.79 Å². The first-order valence-electron chi connectivity index (χ1n) is 6.72. The van der Waals surface area contributed by atoms with E-state index in [9.17, 15) is 9.90 Å². The average molecular weight is 264 g/mol. The third-order valence-corrected chi connectivity index (χ3v) is 3.34. The molecular weight excluding hydrogens is 244 g/mol. The number of rotatable bonds is 5. The van der Waals surface area contributed by atoms with Crippen LogP contribution in [0.25, 0.3) is 0 Å². The highest BCUT2D eigenvalue weighted by Gasteiger charge is 2.33. The SMILES string of the molecule is CCOc1ccc(NC(=O)CC2(O)CCCC2)cn1. The van der Waals surface area contributed by atoms with Crippen molar-refractivity contribution < 1.29 is 14.6 Å². The number of pyridine rings is 1. The van der Waals surface area contributed by atoms with Gasteiger partial charge in [0.1, 0.15) is 0 Å². The van der Waals surface area contributed by atoms with Gasteiger partial charge < -0.3 is 15.2 Å². The van der Waals surface area contributed by atoms with Gasteiger partial charge in [0.25, 0.3) is 0 Å². The van der Waals surface area contributed by atoms with E-state index in [0.29, 0.717) is 31.0 Å². The van der Waals surface area contributed by atoms with E-state index in [0.717, 1.165) is 12.8 Å². The number of hydrogen-bond acceptors (Lipinski definition) is 4. The molecule has 1 heterocycles. The van der Waals surface area contributed by atoms with E-state index in [4.69, 9.17) is 4.74 Å². The maximum Gasteiger partial charge on any atom is 0.227 e. The second kappa shape index (κ2) is 6.02. The Morgan fingerprint density at radius 1 is 1.47 bits per heavy atom. The van der Waals surface area contributed by atoms with Gasteiger partial charge in [0.2, 0.25) is 11.8 Å². The lowest BCUT2D eigenvalue weighted by Crippen LogP contribution is -2.30. The van der Waals surface area contributed by atoms with E-state index in [1.165, 1.54) is 0 Å². The molecule has 19 heavy (non-hydrogen) atoms. The maximum absolute atomic E-state index is 11.9. The lowest BCUT2D eigenvalue weighted by atomic mass is 9.98. The monoisotopic (exact) mass is 264 g/mol. The standard InChI is InChI=1S/C14H20N2O3/c1-2-19-13-6-5-11(10-15-13)16-12(17)9-14(18)7-3-4-8-14/h5-6,10,18H,2-4,7-9H2,1H3,(H,16,17). The van der Waals surface area contributed by atoms with Crippen LogP contribution in [-0.4, -0.2) is 28.2 Å². The molecule has 0 aliphatic heterocycles. The lowest BCUT2D eigenvalue weighted by Gasteiger charge is -2.21. The van der Waals surface area contributed by atoms with Crippen LogP contribution in [0.4, 0.5) is 5.69 Å². The third-order valence-electron chi connectivity index (χ3n) is 3.34. The van der Waals surface area contributed by atoms with Gasteiger partial charge in [-0.25, -0.2) is 4.98 Å². The summed E-state index contributed by atoms with van der Waals surface area (Å²) in [5.74, 6) is 0.366. The van der Waals surface area contributed by atoms with Crippen molar-refractivity contribution in [3.8, 4) is 5.88 Å². The third kappa shape index (κ3) is 3.92. The Morgan fingerprint density at radius 2 is 2.21 bits per heavy atom. The van der Waals surface area contributed by atoms with Gasteiger partial charge >= 0.3 is 0 Å². The molecule has 1 fully saturated rings. The van der Waals surface area contributed by atoms with Crippen LogP contribution in [0.2, 0.25) is 0 Å². The van der Waals surface area contributed by atoms with Gasteiger partial charge in [-0.15, -0.1) is 0 Å². The Labute approximate surface area is 113 Å². The molecule has 2 N–H and O–H groups in total. The molecular formula is C14H20N2O3. The molecule has 1 aliphatic carbocycles. The normalized spacial score (nSPS) is 17.2. The molecule has 5 nitrogen and oxygen atoms in total. The van der Waals surface area contributed by atoms with Gasteiger partial charge in [-0.05, 0) is 25.8 Å². The second-order valence-corrected chi connectivity index (χ2v) is 4.97. The van der Waals surface area contributed by atoms with Gasteiger partial charge in [-0.3, -0.25) is 4.79 Å². The highest BCUT2D eigenvalue weighted by molar-refractivity contribution is 5.91. The molecule has 1 aromatic rings. The van der Waals surface area contributed by atoms with Gasteiger partial charge in [0.05, 0.1) is 30.5 Å². The molecule has 5 heteroatoms. The average Bonchev–Trinajstić information content (AvgIpc) is 2.78. The van der Waals surface area contributed by atoms with E-state index < -0.39 is 5.60 Å². The molecule has 0 atom stereocenters. The summed E-state index contributed by atoms with van der Waals surface area (Å²) in [6.45, 7) is 2.45. The minimum Gasteiger partial charge on any atom is -0.478 e. The zero-order valence-corrected chi connectivity index (χ0v) is 11.2. The molecule has 0 unspecified atom stereocenters. The summed E-state index contributed by atoms with van der Waals surface area (Å²) in [5, 5.41) is 12.9. The van der Waals surface area contributed by atoms with Crippen LogP contribution < -0.4 is 10.1 Å². The van der Waals surface area contributed by atoms with Crippen LogP contribution in [0, 0.1) is 0 Å². The van der Waals surface area contributed by atoms with Crippen LogP contribution in [0.1, 0.15) is 39.0 Å². The first kappa shape index (κ1) is 13.8. The number of carbonyl (C=O) groups excluding carboxylic acids is 1. The highest BCUT2D eigenvalue weighted by Crippen LogP contribution is 2.32. The van der Waals surface area contributed by atoms with Gasteiger partial charge in [-0.2, -0.15) is 0 Å². The summed E-state index contributed by atoms with van der Waals surface area (Å²) < 4.78 is 5.23. The van der Waals surface area contributed by atoms with Crippen molar-refractivity contribution in [2.75, 3.05) is 11.9 Å². The summed E-state index contributed by atoms with van der Waals surface area (Å²) in [5.41, 5.74) is -0.196. The van der Waals surface area contributed by atoms with Crippen molar-refractivity contribution in [1.82, 2.24) is 4.98 Å². The number of carbonyl (C=O) groups is 1. The summed E-state index contributed by atoms with van der Waals surface area (Å²) >= 11 is 0. The Balaban J connectivity index is 1.87. The van der Waals surface area contributed by atoms with E-state index in [-0.39, 0.29) is 12.3 Å². The predicted octanol–water partition coefficient (Wildman–Crippen LogP) is 2.11. The maximum atomic E-state index is 11.9. The van der Waals surface area contributed by atoms with Crippen molar-refractivity contribution in [3.63, 3.8) is 0 Å². The van der Waals surface area contributed by atoms with Crippen LogP contribution in [0.5, 0.6) is 5.88 Å². The van der Waals surface area contributed by atoms with E-state index >= 15 is 0 Å². The topological polar surface area (TPSA) is 71.5 Å². The smallest absolute Gasteiger partial charge is 0.227 e. The van der Waals surface area contributed by atoms with E-state index in [1.54, 1.807) is 18.3 Å². The Kier molecular flexibility index (Phi) is 4.37. The van der Waals surface area contributed by atoms with Gasteiger partial charge in [0.15, 0.2) is 0 Å². The fourth-order valence-corrected chi connectivity index (χ4v) is 2.40. The fourth-order valence-electron chi connectivity index (χ4n) is 2.40. The minimum absolute atomic E-state index is 0.153. The number of aromatic nitrogens is 1. The molecule has 1 aromatic heterocycles. The fraction of sp³-hybridized carbons (Fsp3) is 0.571. The van der Waals surface area contributed by atoms with Crippen molar-refractivity contribution in [2.24, 2.45) is 0 Å². The number of anilines is 1. The van der Waals surface area contributed by atoms with Crippen LogP contribution >= 0.6 is 0 Å². The summed E-state index contributed by atoms with van der Waals surface area (Å²) in [6.07, 6.45) is 5.12. The number of aliphatic hydroxyl groups is 1. The van der Waals surface area contributed by atoms with Gasteiger partial charge in [0, 0.05) is 6.07 Å². The summed E-state index contributed by atoms with van der Waals surface area (Å²) in [7, 11) is 0. The number of hydrogen-bond donors (Lipinski definition) is 2. The summed E-state index contributed by atoms with van der Waals surface area (Å²) in [6, 6.07) is 3.46. The number of nitrogens with zero attached hydrogens (tertiary/aromatic N) is 1. The summed E-state index contributed by atoms with van der Waals surface area (Å²) in [4.78, 5) is 15.9. The number of amides is 1. The van der Waals surface area contributed by atoms with Crippen molar-refractivity contribution >= 4 is 11.6 Å². The first-order chi connectivity index (χ1) is 9.11. The van der Waals surface area contributed by atoms with Crippen molar-refractivity contribution in [3.05, 3.63) is 18.3 Å². The van der Waals surface area contributed by atoms with Crippen molar-refractivity contribution in [1.29, 1.82) is 0 Å². The molecule has 0 radical (unpaired) electrons. The molecule has 104 valence electrons. The quantitative estimate of drug-likeness (QED) is 0.854. The molecule has 1 amide bonds. The molecule has 1 saturated carbocycles. The molecule has 0 aromatic carbocycles. The van der Waals surface area contributed by atoms with Crippen LogP contribution in [0.3, 0.4) is 0 Å². The highest BCUT2D eigenvalue weighted by atomic mass is 16.5. The zero-order valence-electron chi connectivity index (χ0n) is 11.2. The second-order valence-electron chi connectivity index (χ2n) is 4.97. The number of nitrogens with one attached hydrogen (secondary N) is 1. The zero-order chi connectivity index (χ0) is 13.7. The first-order valence-corrected chi connectivity index (χ1v) is 6.72. The van der Waals surface area contributed by atoms with E-state index in [1.807, 2.05) is 6.92 Å². The molecule has 0 saturated heterocycles. The minimum atomic E-state index is -0.817. The molecule has 2 rings (SSSR count). The number of ether oxygens (including phenoxy) is 1. The Bertz CT molecular complexity index is 425. The van der Waals surface area contributed by atoms with Gasteiger partial charge in [-0.1, -0.05) is 12.8 Å². The predicted molar refractivity (Wildman–Crippen MR) is 72.1 cm³/mol. The van der Waals surface area contributed by atoms with E-state index in [2.05, 4.69) is 10.3 Å². The Morgan fingerprint density at radius 3 is 2.79 bits per heavy atom. The van der Waals surface area contributed by atoms with Crippen molar-refractivity contribution in [2.45, 2.75) is 44.6 Å². The van der Waals surface area contributed by atoms with Crippen LogP contribution in [0.15, 0.2) is 18.3 Å². The largest absolute Gasteiger partial charge is 0.478 e. The molecule has 0 bridgehead atoms. The molecule has 0 spiro atoms. The lowest BCUT2D eigenvalue weighted by molar-refractivity contribution is -0.120. The molecule has 1 aliphatic rings. The Hall–Kier alpha value is -1.62.